The molecule has 2 heteroatoms. The van der Waals surface area contributed by atoms with Crippen molar-refractivity contribution in [1.29, 1.82) is 0 Å². The lowest BCUT2D eigenvalue weighted by Crippen LogP contribution is -2.28. The summed E-state index contributed by atoms with van der Waals surface area (Å²) in [5.41, 5.74) is 2.54. The van der Waals surface area contributed by atoms with Crippen molar-refractivity contribution in [3.05, 3.63) is 29.3 Å². The maximum Gasteiger partial charge on any atom is 0.123 e. The van der Waals surface area contributed by atoms with Crippen molar-refractivity contribution in [3.63, 3.8) is 0 Å². The second-order valence-corrected chi connectivity index (χ2v) is 4.94. The fourth-order valence-corrected chi connectivity index (χ4v) is 2.20. The van der Waals surface area contributed by atoms with Gasteiger partial charge in [-0.2, -0.15) is 0 Å². The molecule has 0 aliphatic carbocycles. The first-order valence-corrected chi connectivity index (χ1v) is 7.08. The van der Waals surface area contributed by atoms with Gasteiger partial charge in [0.2, 0.25) is 0 Å². The van der Waals surface area contributed by atoms with Gasteiger partial charge in [-0.3, -0.25) is 0 Å². The minimum atomic E-state index is 0.621. The number of nitrogens with one attached hydrogen (secondary N) is 1. The van der Waals surface area contributed by atoms with Crippen LogP contribution >= 0.6 is 0 Å². The van der Waals surface area contributed by atoms with Gasteiger partial charge in [-0.05, 0) is 25.8 Å². The Bertz CT molecular complexity index is 349. The van der Waals surface area contributed by atoms with Crippen LogP contribution in [0.25, 0.3) is 0 Å². The molecule has 102 valence electrons. The molecule has 1 aromatic rings. The molecule has 0 aliphatic heterocycles. The third-order valence-corrected chi connectivity index (χ3v) is 3.42. The summed E-state index contributed by atoms with van der Waals surface area (Å²) in [6.07, 6.45) is 5.03. The maximum atomic E-state index is 5.41. The van der Waals surface area contributed by atoms with Crippen LogP contribution in [-0.2, 0) is 6.54 Å². The Balaban J connectivity index is 2.57. The molecule has 0 fully saturated rings. The summed E-state index contributed by atoms with van der Waals surface area (Å²) in [6.45, 7) is 7.52. The van der Waals surface area contributed by atoms with Crippen molar-refractivity contribution in [1.82, 2.24) is 5.32 Å². The Kier molecular flexibility index (Phi) is 6.81. The van der Waals surface area contributed by atoms with Crippen LogP contribution in [0.2, 0.25) is 0 Å². The van der Waals surface area contributed by atoms with Crippen molar-refractivity contribution in [2.24, 2.45) is 0 Å². The molecule has 1 atom stereocenters. The molecule has 2 nitrogen and oxygen atoms in total. The Labute approximate surface area is 112 Å². The van der Waals surface area contributed by atoms with E-state index in [1.807, 2.05) is 0 Å². The number of rotatable bonds is 8. The van der Waals surface area contributed by atoms with Crippen LogP contribution in [0.3, 0.4) is 0 Å². The van der Waals surface area contributed by atoms with Gasteiger partial charge in [-0.25, -0.2) is 0 Å². The summed E-state index contributed by atoms with van der Waals surface area (Å²) >= 11 is 0. The zero-order valence-electron chi connectivity index (χ0n) is 12.3. The molecule has 1 aromatic carbocycles. The van der Waals surface area contributed by atoms with E-state index in [1.54, 1.807) is 7.11 Å². The van der Waals surface area contributed by atoms with Crippen LogP contribution in [0.5, 0.6) is 5.75 Å². The van der Waals surface area contributed by atoms with E-state index in [9.17, 15) is 0 Å². The van der Waals surface area contributed by atoms with Gasteiger partial charge in [-0.15, -0.1) is 0 Å². The lowest BCUT2D eigenvalue weighted by Gasteiger charge is -2.18. The van der Waals surface area contributed by atoms with Gasteiger partial charge in [0, 0.05) is 18.2 Å². The molecule has 0 amide bonds. The van der Waals surface area contributed by atoms with E-state index in [0.717, 1.165) is 12.3 Å². The van der Waals surface area contributed by atoms with E-state index in [2.05, 4.69) is 44.3 Å². The van der Waals surface area contributed by atoms with Crippen molar-refractivity contribution in [2.45, 2.75) is 59.0 Å². The molecule has 1 N–H and O–H groups in total. The predicted molar refractivity (Wildman–Crippen MR) is 78.2 cm³/mol. The van der Waals surface area contributed by atoms with E-state index in [-0.39, 0.29) is 0 Å². The Morgan fingerprint density at radius 2 is 2.06 bits per heavy atom. The molecule has 1 unspecified atom stereocenters. The summed E-state index contributed by atoms with van der Waals surface area (Å²) in [6, 6.07) is 6.98. The van der Waals surface area contributed by atoms with Crippen molar-refractivity contribution >= 4 is 0 Å². The van der Waals surface area contributed by atoms with Gasteiger partial charge in [0.15, 0.2) is 0 Å². The molecule has 18 heavy (non-hydrogen) atoms. The zero-order chi connectivity index (χ0) is 13.4. The third-order valence-electron chi connectivity index (χ3n) is 3.42. The largest absolute Gasteiger partial charge is 0.496 e. The van der Waals surface area contributed by atoms with Crippen LogP contribution in [0.1, 0.15) is 50.7 Å². The molecule has 0 saturated heterocycles. The summed E-state index contributed by atoms with van der Waals surface area (Å²) in [7, 11) is 1.74. The van der Waals surface area contributed by atoms with E-state index < -0.39 is 0 Å². The number of methoxy groups -OCH3 is 1. The molecule has 1 rings (SSSR count). The normalized spacial score (nSPS) is 12.4. The fraction of sp³-hybridized carbons (Fsp3) is 0.625. The first kappa shape index (κ1) is 15.0. The molecule has 0 radical (unpaired) electrons. The summed E-state index contributed by atoms with van der Waals surface area (Å²) in [5.74, 6) is 0.985. The minimum Gasteiger partial charge on any atom is -0.496 e. The smallest absolute Gasteiger partial charge is 0.123 e. The monoisotopic (exact) mass is 249 g/mol. The van der Waals surface area contributed by atoms with Crippen molar-refractivity contribution < 1.29 is 4.74 Å². The van der Waals surface area contributed by atoms with Gasteiger partial charge in [-0.1, -0.05) is 44.4 Å². The SMILES string of the molecule is CCCCC(CC)NCc1cc(C)ccc1OC. The Hall–Kier alpha value is -1.02. The average Bonchev–Trinajstić information content (AvgIpc) is 2.39. The van der Waals surface area contributed by atoms with Gasteiger partial charge >= 0.3 is 0 Å². The average molecular weight is 249 g/mol. The molecule has 0 aromatic heterocycles. The van der Waals surface area contributed by atoms with Gasteiger partial charge in [0.25, 0.3) is 0 Å². The second-order valence-electron chi connectivity index (χ2n) is 4.94. The van der Waals surface area contributed by atoms with Crippen LogP contribution in [0.4, 0.5) is 0 Å². The fourth-order valence-electron chi connectivity index (χ4n) is 2.20. The molecular weight excluding hydrogens is 222 g/mol. The van der Waals surface area contributed by atoms with E-state index in [0.29, 0.717) is 6.04 Å². The van der Waals surface area contributed by atoms with Crippen LogP contribution in [0, 0.1) is 6.92 Å². The standard InChI is InChI=1S/C16H27NO/c1-5-7-8-15(6-2)17-12-14-11-13(3)9-10-16(14)18-4/h9-11,15,17H,5-8,12H2,1-4H3. The van der Waals surface area contributed by atoms with Gasteiger partial charge in [0.05, 0.1) is 7.11 Å². The molecule has 0 saturated carbocycles. The lowest BCUT2D eigenvalue weighted by molar-refractivity contribution is 0.400. The molecule has 0 heterocycles. The summed E-state index contributed by atoms with van der Waals surface area (Å²) in [4.78, 5) is 0. The maximum absolute atomic E-state index is 5.41. The van der Waals surface area contributed by atoms with Crippen LogP contribution < -0.4 is 10.1 Å². The highest BCUT2D eigenvalue weighted by atomic mass is 16.5. The highest BCUT2D eigenvalue weighted by Gasteiger charge is 2.07. The number of hydrogen-bond acceptors (Lipinski definition) is 2. The first-order chi connectivity index (χ1) is 8.71. The van der Waals surface area contributed by atoms with Gasteiger partial charge < -0.3 is 10.1 Å². The zero-order valence-corrected chi connectivity index (χ0v) is 12.3. The van der Waals surface area contributed by atoms with Crippen LogP contribution in [0.15, 0.2) is 18.2 Å². The van der Waals surface area contributed by atoms with E-state index in [1.165, 1.54) is 36.8 Å². The van der Waals surface area contributed by atoms with Gasteiger partial charge in [0.1, 0.15) is 5.75 Å². The van der Waals surface area contributed by atoms with E-state index in [4.69, 9.17) is 4.74 Å². The van der Waals surface area contributed by atoms with E-state index >= 15 is 0 Å². The third kappa shape index (κ3) is 4.69. The molecule has 0 spiro atoms. The first-order valence-electron chi connectivity index (χ1n) is 7.08. The van der Waals surface area contributed by atoms with Crippen molar-refractivity contribution in [3.8, 4) is 5.75 Å². The number of ether oxygens (including phenoxy) is 1. The lowest BCUT2D eigenvalue weighted by atomic mass is 10.1. The number of unbranched alkanes of at least 4 members (excludes halogenated alkanes) is 1. The Morgan fingerprint density at radius 1 is 1.28 bits per heavy atom. The quantitative estimate of drug-likeness (QED) is 0.750. The Morgan fingerprint density at radius 3 is 2.67 bits per heavy atom. The number of aryl methyl sites for hydroxylation is 1. The summed E-state index contributed by atoms with van der Waals surface area (Å²) in [5, 5.41) is 3.64. The summed E-state index contributed by atoms with van der Waals surface area (Å²) < 4.78 is 5.41. The highest BCUT2D eigenvalue weighted by molar-refractivity contribution is 5.36. The van der Waals surface area contributed by atoms with Crippen LogP contribution in [-0.4, -0.2) is 13.2 Å². The molecule has 0 bridgehead atoms. The predicted octanol–water partition coefficient (Wildman–Crippen LogP) is 4.06. The number of hydrogen-bond donors (Lipinski definition) is 1. The van der Waals surface area contributed by atoms with Crippen molar-refractivity contribution in [2.75, 3.05) is 7.11 Å². The number of benzene rings is 1. The molecule has 0 aliphatic rings. The second kappa shape index (κ2) is 8.15. The topological polar surface area (TPSA) is 21.3 Å². The molecular formula is C16H27NO. The minimum absolute atomic E-state index is 0.621. The highest BCUT2D eigenvalue weighted by Crippen LogP contribution is 2.19.